The monoisotopic (exact) mass is 390 g/mol. The molecule has 0 spiro atoms. The molecular weight excluding hydrogens is 364 g/mol. The SMILES string of the molecule is CCCCC[C@H](C)NC(=O)c1cc(-c2ccc3c(c2)OCO3)nc2ccccc12. The molecule has 29 heavy (non-hydrogen) atoms. The summed E-state index contributed by atoms with van der Waals surface area (Å²) < 4.78 is 10.9. The molecule has 1 aromatic heterocycles. The first-order chi connectivity index (χ1) is 14.2. The number of aromatic nitrogens is 1. The summed E-state index contributed by atoms with van der Waals surface area (Å²) in [6.45, 7) is 4.48. The van der Waals surface area contributed by atoms with Gasteiger partial charge in [-0.25, -0.2) is 4.98 Å². The van der Waals surface area contributed by atoms with Crippen LogP contribution in [0.15, 0.2) is 48.5 Å². The van der Waals surface area contributed by atoms with E-state index in [1.807, 2.05) is 48.5 Å². The second-order valence-corrected chi connectivity index (χ2v) is 7.51. The van der Waals surface area contributed by atoms with Crippen LogP contribution in [0.4, 0.5) is 0 Å². The summed E-state index contributed by atoms with van der Waals surface area (Å²) in [5, 5.41) is 4.01. The van der Waals surface area contributed by atoms with Crippen molar-refractivity contribution in [3.8, 4) is 22.8 Å². The predicted molar refractivity (Wildman–Crippen MR) is 114 cm³/mol. The van der Waals surface area contributed by atoms with Gasteiger partial charge in [-0.05, 0) is 43.7 Å². The van der Waals surface area contributed by atoms with Crippen LogP contribution >= 0.6 is 0 Å². The van der Waals surface area contributed by atoms with Crippen molar-refractivity contribution in [1.29, 1.82) is 0 Å². The van der Waals surface area contributed by atoms with Gasteiger partial charge in [0.1, 0.15) is 0 Å². The van der Waals surface area contributed by atoms with Gasteiger partial charge >= 0.3 is 0 Å². The van der Waals surface area contributed by atoms with E-state index in [0.29, 0.717) is 11.3 Å². The maximum Gasteiger partial charge on any atom is 0.252 e. The van der Waals surface area contributed by atoms with Crippen molar-refractivity contribution in [3.63, 3.8) is 0 Å². The Morgan fingerprint density at radius 2 is 1.93 bits per heavy atom. The lowest BCUT2D eigenvalue weighted by molar-refractivity contribution is 0.0939. The van der Waals surface area contributed by atoms with E-state index < -0.39 is 0 Å². The third-order valence-electron chi connectivity index (χ3n) is 5.25. The number of hydrogen-bond donors (Lipinski definition) is 1. The predicted octanol–water partition coefficient (Wildman–Crippen LogP) is 5.33. The number of hydrogen-bond acceptors (Lipinski definition) is 4. The molecule has 1 aliphatic heterocycles. The van der Waals surface area contributed by atoms with Gasteiger partial charge in [-0.1, -0.05) is 44.4 Å². The molecule has 0 unspecified atom stereocenters. The fraction of sp³-hybridized carbons (Fsp3) is 0.333. The summed E-state index contributed by atoms with van der Waals surface area (Å²) >= 11 is 0. The van der Waals surface area contributed by atoms with Gasteiger partial charge in [-0.15, -0.1) is 0 Å². The molecule has 2 aromatic carbocycles. The fourth-order valence-corrected chi connectivity index (χ4v) is 3.64. The highest BCUT2D eigenvalue weighted by atomic mass is 16.7. The molecule has 0 aliphatic carbocycles. The normalized spacial score (nSPS) is 13.4. The van der Waals surface area contributed by atoms with Gasteiger partial charge in [0.05, 0.1) is 16.8 Å². The topological polar surface area (TPSA) is 60.5 Å². The van der Waals surface area contributed by atoms with Gasteiger partial charge in [0.25, 0.3) is 5.91 Å². The average Bonchev–Trinajstić information content (AvgIpc) is 3.21. The summed E-state index contributed by atoms with van der Waals surface area (Å²) in [6.07, 6.45) is 4.47. The number of rotatable bonds is 7. The summed E-state index contributed by atoms with van der Waals surface area (Å²) in [5.41, 5.74) is 3.08. The van der Waals surface area contributed by atoms with Crippen LogP contribution in [0.25, 0.3) is 22.2 Å². The maximum absolute atomic E-state index is 13.1. The van der Waals surface area contributed by atoms with E-state index in [9.17, 15) is 4.79 Å². The third kappa shape index (κ3) is 4.19. The van der Waals surface area contributed by atoms with Crippen LogP contribution in [0, 0.1) is 0 Å². The van der Waals surface area contributed by atoms with Crippen molar-refractivity contribution in [3.05, 3.63) is 54.1 Å². The molecule has 1 aliphatic rings. The van der Waals surface area contributed by atoms with Crippen LogP contribution in [-0.2, 0) is 0 Å². The van der Waals surface area contributed by atoms with Gasteiger partial charge in [0, 0.05) is 17.0 Å². The number of carbonyl (C=O) groups is 1. The Hall–Kier alpha value is -3.08. The van der Waals surface area contributed by atoms with Gasteiger partial charge < -0.3 is 14.8 Å². The minimum absolute atomic E-state index is 0.0606. The molecule has 0 bridgehead atoms. The number of pyridine rings is 1. The second kappa shape index (κ2) is 8.52. The van der Waals surface area contributed by atoms with Crippen molar-refractivity contribution in [1.82, 2.24) is 10.3 Å². The molecule has 5 nitrogen and oxygen atoms in total. The van der Waals surface area contributed by atoms with E-state index in [0.717, 1.165) is 40.8 Å². The quantitative estimate of drug-likeness (QED) is 0.554. The molecule has 0 fully saturated rings. The van der Waals surface area contributed by atoms with Gasteiger partial charge in [0.15, 0.2) is 11.5 Å². The van der Waals surface area contributed by atoms with Crippen LogP contribution in [0.1, 0.15) is 49.9 Å². The second-order valence-electron chi connectivity index (χ2n) is 7.51. The highest BCUT2D eigenvalue weighted by Crippen LogP contribution is 2.36. The number of unbranched alkanes of at least 4 members (excludes halogenated alkanes) is 2. The molecule has 0 saturated heterocycles. The Kier molecular flexibility index (Phi) is 5.65. The Bertz CT molecular complexity index is 1030. The maximum atomic E-state index is 13.1. The van der Waals surface area contributed by atoms with Crippen molar-refractivity contribution in [2.24, 2.45) is 0 Å². The van der Waals surface area contributed by atoms with Gasteiger partial charge in [0.2, 0.25) is 6.79 Å². The molecule has 2 heterocycles. The molecule has 1 N–H and O–H groups in total. The van der Waals surface area contributed by atoms with Crippen LogP contribution in [0.2, 0.25) is 0 Å². The fourth-order valence-electron chi connectivity index (χ4n) is 3.64. The largest absolute Gasteiger partial charge is 0.454 e. The lowest BCUT2D eigenvalue weighted by Crippen LogP contribution is -2.32. The zero-order valence-corrected chi connectivity index (χ0v) is 16.9. The molecule has 3 aromatic rings. The Balaban J connectivity index is 1.67. The smallest absolute Gasteiger partial charge is 0.252 e. The number of carbonyl (C=O) groups excluding carboxylic acids is 1. The highest BCUT2D eigenvalue weighted by Gasteiger charge is 2.18. The number of para-hydroxylation sites is 1. The number of amides is 1. The summed E-state index contributed by atoms with van der Waals surface area (Å²) in [4.78, 5) is 17.9. The van der Waals surface area contributed by atoms with Crippen molar-refractivity contribution >= 4 is 16.8 Å². The number of nitrogens with one attached hydrogen (secondary N) is 1. The van der Waals surface area contributed by atoms with Gasteiger partial charge in [-0.2, -0.15) is 0 Å². The zero-order valence-electron chi connectivity index (χ0n) is 16.9. The van der Waals surface area contributed by atoms with Crippen LogP contribution < -0.4 is 14.8 Å². The molecule has 1 amide bonds. The third-order valence-corrected chi connectivity index (χ3v) is 5.25. The lowest BCUT2D eigenvalue weighted by Gasteiger charge is -2.15. The molecule has 0 radical (unpaired) electrons. The van der Waals surface area contributed by atoms with Gasteiger partial charge in [-0.3, -0.25) is 4.79 Å². The molecule has 4 rings (SSSR count). The first-order valence-corrected chi connectivity index (χ1v) is 10.3. The van der Waals surface area contributed by atoms with E-state index in [4.69, 9.17) is 14.5 Å². The Labute approximate surface area is 171 Å². The zero-order chi connectivity index (χ0) is 20.2. The minimum Gasteiger partial charge on any atom is -0.454 e. The van der Waals surface area contributed by atoms with E-state index in [2.05, 4.69) is 19.2 Å². The van der Waals surface area contributed by atoms with Crippen molar-refractivity contribution in [2.45, 2.75) is 45.6 Å². The molecule has 1 atom stereocenters. The van der Waals surface area contributed by atoms with E-state index in [1.54, 1.807) is 0 Å². The van der Waals surface area contributed by atoms with Crippen molar-refractivity contribution in [2.75, 3.05) is 6.79 Å². The average molecular weight is 390 g/mol. The Morgan fingerprint density at radius 3 is 2.79 bits per heavy atom. The summed E-state index contributed by atoms with van der Waals surface area (Å²) in [5.74, 6) is 1.37. The standard InChI is InChI=1S/C24H26N2O3/c1-3-4-5-8-16(2)25-24(27)19-14-21(26-20-10-7-6-9-18(19)20)17-11-12-22-23(13-17)29-15-28-22/h6-7,9-14,16H,3-5,8,15H2,1-2H3,(H,25,27)/t16-/m0/s1. The first kappa shape index (κ1) is 19.2. The number of fused-ring (bicyclic) bond motifs is 2. The molecule has 5 heteroatoms. The van der Waals surface area contributed by atoms with Crippen LogP contribution in [0.5, 0.6) is 11.5 Å². The number of nitrogens with zero attached hydrogens (tertiary/aromatic N) is 1. The van der Waals surface area contributed by atoms with E-state index in [-0.39, 0.29) is 18.7 Å². The summed E-state index contributed by atoms with van der Waals surface area (Å²) in [6, 6.07) is 15.5. The lowest BCUT2D eigenvalue weighted by atomic mass is 10.0. The molecular formula is C24H26N2O3. The molecule has 0 saturated carbocycles. The minimum atomic E-state index is -0.0606. The number of ether oxygens (including phenoxy) is 2. The van der Waals surface area contributed by atoms with Crippen molar-refractivity contribution < 1.29 is 14.3 Å². The van der Waals surface area contributed by atoms with Crippen LogP contribution in [-0.4, -0.2) is 23.7 Å². The number of benzene rings is 2. The molecule has 150 valence electrons. The highest BCUT2D eigenvalue weighted by molar-refractivity contribution is 6.07. The first-order valence-electron chi connectivity index (χ1n) is 10.3. The Morgan fingerprint density at radius 1 is 1.10 bits per heavy atom. The van der Waals surface area contributed by atoms with E-state index in [1.165, 1.54) is 12.8 Å². The van der Waals surface area contributed by atoms with Crippen LogP contribution in [0.3, 0.4) is 0 Å². The van der Waals surface area contributed by atoms with E-state index >= 15 is 0 Å². The summed E-state index contributed by atoms with van der Waals surface area (Å²) in [7, 11) is 0.